The Morgan fingerprint density at radius 1 is 0.684 bits per heavy atom. The van der Waals surface area contributed by atoms with E-state index >= 15 is 0 Å². The molecule has 0 nitrogen and oxygen atoms in total. The number of hydrogen-bond acceptors (Lipinski definition) is 0. The van der Waals surface area contributed by atoms with Gasteiger partial charge in [0.2, 0.25) is 0 Å². The molecule has 92 valence electrons. The molecule has 0 unspecified atom stereocenters. The Labute approximate surface area is 128 Å². The van der Waals surface area contributed by atoms with E-state index in [4.69, 9.17) is 0 Å². The summed E-state index contributed by atoms with van der Waals surface area (Å²) in [6.07, 6.45) is 0. The molecule has 0 aromatic heterocycles. The lowest BCUT2D eigenvalue weighted by atomic mass is 9.92. The fourth-order valence-corrected chi connectivity index (χ4v) is 4.38. The van der Waals surface area contributed by atoms with Gasteiger partial charge in [0.25, 0.3) is 0 Å². The summed E-state index contributed by atoms with van der Waals surface area (Å²) in [5, 5.41) is 7.94. The maximum atomic E-state index is 3.68. The molecule has 0 radical (unpaired) electrons. The topological polar surface area (TPSA) is 0 Å². The van der Waals surface area contributed by atoms with Crippen LogP contribution < -0.4 is 0 Å². The van der Waals surface area contributed by atoms with Gasteiger partial charge in [-0.25, -0.2) is 0 Å². The van der Waals surface area contributed by atoms with E-state index in [1.54, 1.807) is 0 Å². The molecular weight excluding hydrogens is 364 g/mol. The quantitative estimate of drug-likeness (QED) is 0.312. The van der Waals surface area contributed by atoms with Crippen molar-refractivity contribution in [3.63, 3.8) is 0 Å². The first-order valence-corrected chi connectivity index (χ1v) is 7.77. The number of aryl methyl sites for hydroxylation is 1. The van der Waals surface area contributed by atoms with Crippen LogP contribution in [0.15, 0.2) is 51.4 Å². The number of halogens is 2. The SMILES string of the molecule is Cc1ccc2ccc3c(Br)cc(Br)c4ccc1c2c34. The molecule has 2 heteroatoms. The molecule has 0 aliphatic heterocycles. The Morgan fingerprint density at radius 2 is 1.26 bits per heavy atom. The van der Waals surface area contributed by atoms with E-state index in [0.29, 0.717) is 0 Å². The molecule has 0 saturated carbocycles. The van der Waals surface area contributed by atoms with E-state index in [9.17, 15) is 0 Å². The fraction of sp³-hybridized carbons (Fsp3) is 0.0588. The van der Waals surface area contributed by atoms with Crippen molar-refractivity contribution in [2.75, 3.05) is 0 Å². The third-order valence-electron chi connectivity index (χ3n) is 3.90. The van der Waals surface area contributed by atoms with Crippen LogP contribution in [0.1, 0.15) is 5.56 Å². The van der Waals surface area contributed by atoms with E-state index in [0.717, 1.165) is 8.95 Å². The summed E-state index contributed by atoms with van der Waals surface area (Å²) in [7, 11) is 0. The standard InChI is InChI=1S/C17H10Br2/c1-9-2-3-10-4-5-12-14(18)8-15(19)13-7-6-11(9)16(10)17(12)13/h2-8H,1H3. The average Bonchev–Trinajstić information content (AvgIpc) is 2.41. The highest BCUT2D eigenvalue weighted by atomic mass is 79.9. The van der Waals surface area contributed by atoms with Gasteiger partial charge in [-0.3, -0.25) is 0 Å². The minimum absolute atomic E-state index is 1.14. The van der Waals surface area contributed by atoms with Gasteiger partial charge in [-0.1, -0.05) is 68.3 Å². The molecule has 0 bridgehead atoms. The van der Waals surface area contributed by atoms with E-state index in [2.05, 4.69) is 81.2 Å². The van der Waals surface area contributed by atoms with Gasteiger partial charge < -0.3 is 0 Å². The van der Waals surface area contributed by atoms with E-state index in [-0.39, 0.29) is 0 Å². The van der Waals surface area contributed by atoms with Crippen molar-refractivity contribution in [1.82, 2.24) is 0 Å². The number of benzene rings is 4. The van der Waals surface area contributed by atoms with Gasteiger partial charge in [0.15, 0.2) is 0 Å². The van der Waals surface area contributed by atoms with Crippen molar-refractivity contribution in [2.45, 2.75) is 6.92 Å². The van der Waals surface area contributed by atoms with Crippen LogP contribution in [0.2, 0.25) is 0 Å². The normalized spacial score (nSPS) is 11.9. The molecule has 0 heterocycles. The third-order valence-corrected chi connectivity index (χ3v) is 5.21. The monoisotopic (exact) mass is 372 g/mol. The first-order chi connectivity index (χ1) is 9.16. The zero-order chi connectivity index (χ0) is 13.1. The zero-order valence-corrected chi connectivity index (χ0v) is 13.5. The minimum Gasteiger partial charge on any atom is -0.0581 e. The Bertz CT molecular complexity index is 917. The van der Waals surface area contributed by atoms with E-state index in [1.807, 2.05) is 0 Å². The molecule has 0 aliphatic carbocycles. The molecule has 0 N–H and O–H groups in total. The van der Waals surface area contributed by atoms with Gasteiger partial charge in [0.1, 0.15) is 0 Å². The molecule has 0 fully saturated rings. The van der Waals surface area contributed by atoms with Crippen LogP contribution in [0.25, 0.3) is 32.3 Å². The molecule has 19 heavy (non-hydrogen) atoms. The van der Waals surface area contributed by atoms with Crippen LogP contribution in [0.4, 0.5) is 0 Å². The van der Waals surface area contributed by atoms with Crippen molar-refractivity contribution in [2.24, 2.45) is 0 Å². The van der Waals surface area contributed by atoms with Gasteiger partial charge in [0.05, 0.1) is 0 Å². The summed E-state index contributed by atoms with van der Waals surface area (Å²) >= 11 is 7.36. The van der Waals surface area contributed by atoms with E-state index < -0.39 is 0 Å². The summed E-state index contributed by atoms with van der Waals surface area (Å²) in [6.45, 7) is 2.18. The van der Waals surface area contributed by atoms with Crippen LogP contribution in [0, 0.1) is 6.92 Å². The Balaban J connectivity index is 2.47. The maximum Gasteiger partial charge on any atom is 0.0265 e. The molecular formula is C17H10Br2. The van der Waals surface area contributed by atoms with Gasteiger partial charge in [-0.15, -0.1) is 0 Å². The predicted octanol–water partition coefficient (Wildman–Crippen LogP) is 6.42. The number of rotatable bonds is 0. The van der Waals surface area contributed by atoms with Crippen molar-refractivity contribution in [3.05, 3.63) is 57.0 Å². The lowest BCUT2D eigenvalue weighted by molar-refractivity contribution is 1.55. The molecule has 4 aromatic carbocycles. The van der Waals surface area contributed by atoms with Crippen LogP contribution in [0.3, 0.4) is 0 Å². The molecule has 4 aromatic rings. The molecule has 0 spiro atoms. The largest absolute Gasteiger partial charge is 0.0581 e. The Morgan fingerprint density at radius 3 is 2.00 bits per heavy atom. The lowest BCUT2D eigenvalue weighted by Crippen LogP contribution is -1.87. The lowest BCUT2D eigenvalue weighted by Gasteiger charge is -2.14. The zero-order valence-electron chi connectivity index (χ0n) is 10.3. The van der Waals surface area contributed by atoms with Gasteiger partial charge >= 0.3 is 0 Å². The van der Waals surface area contributed by atoms with Crippen LogP contribution >= 0.6 is 31.9 Å². The predicted molar refractivity (Wildman–Crippen MR) is 90.3 cm³/mol. The van der Waals surface area contributed by atoms with Gasteiger partial charge in [0, 0.05) is 8.95 Å². The van der Waals surface area contributed by atoms with Crippen molar-refractivity contribution in [3.8, 4) is 0 Å². The van der Waals surface area contributed by atoms with Crippen molar-refractivity contribution in [1.29, 1.82) is 0 Å². The summed E-state index contributed by atoms with van der Waals surface area (Å²) in [4.78, 5) is 0. The highest BCUT2D eigenvalue weighted by molar-refractivity contribution is 9.11. The van der Waals surface area contributed by atoms with Crippen LogP contribution in [-0.4, -0.2) is 0 Å². The summed E-state index contributed by atoms with van der Waals surface area (Å²) in [5.74, 6) is 0. The smallest absolute Gasteiger partial charge is 0.0265 e. The average molecular weight is 374 g/mol. The molecule has 0 aliphatic rings. The van der Waals surface area contributed by atoms with Crippen LogP contribution in [0.5, 0.6) is 0 Å². The third kappa shape index (κ3) is 1.50. The van der Waals surface area contributed by atoms with Crippen molar-refractivity contribution < 1.29 is 0 Å². The second kappa shape index (κ2) is 3.94. The summed E-state index contributed by atoms with van der Waals surface area (Å²) in [6, 6.07) is 15.4. The first kappa shape index (κ1) is 11.7. The Kier molecular flexibility index (Phi) is 2.42. The van der Waals surface area contributed by atoms with Gasteiger partial charge in [-0.05, 0) is 50.9 Å². The van der Waals surface area contributed by atoms with Crippen molar-refractivity contribution >= 4 is 64.2 Å². The highest BCUT2D eigenvalue weighted by Gasteiger charge is 2.13. The summed E-state index contributed by atoms with van der Waals surface area (Å²) < 4.78 is 2.28. The maximum absolute atomic E-state index is 3.68. The Hall–Kier alpha value is -1.12. The second-order valence-corrected chi connectivity index (χ2v) is 6.68. The van der Waals surface area contributed by atoms with Crippen LogP contribution in [-0.2, 0) is 0 Å². The minimum atomic E-state index is 1.14. The molecule has 0 saturated heterocycles. The van der Waals surface area contributed by atoms with E-state index in [1.165, 1.54) is 37.9 Å². The molecule has 4 rings (SSSR count). The molecule has 0 atom stereocenters. The fourth-order valence-electron chi connectivity index (χ4n) is 2.96. The second-order valence-electron chi connectivity index (χ2n) is 4.97. The molecule has 0 amide bonds. The summed E-state index contributed by atoms with van der Waals surface area (Å²) in [5.41, 5.74) is 1.33. The first-order valence-electron chi connectivity index (χ1n) is 6.19. The highest BCUT2D eigenvalue weighted by Crippen LogP contribution is 2.41. The van der Waals surface area contributed by atoms with Gasteiger partial charge in [-0.2, -0.15) is 0 Å². The number of hydrogen-bond donors (Lipinski definition) is 0.